The lowest BCUT2D eigenvalue weighted by molar-refractivity contribution is 0.949. The van der Waals surface area contributed by atoms with Crippen molar-refractivity contribution in [3.8, 4) is 11.4 Å². The molecule has 0 aliphatic rings. The maximum atomic E-state index is 4.55. The summed E-state index contributed by atoms with van der Waals surface area (Å²) in [6.45, 7) is 4.13. The van der Waals surface area contributed by atoms with Crippen LogP contribution >= 0.6 is 0 Å². The summed E-state index contributed by atoms with van der Waals surface area (Å²) in [7, 11) is 0. The summed E-state index contributed by atoms with van der Waals surface area (Å²) in [4.78, 5) is 8.93. The molecule has 1 aromatic carbocycles. The average molecular weight is 305 g/mol. The highest BCUT2D eigenvalue weighted by Gasteiger charge is 2.12. The standard InChI is InChI=1S/C16H15N7/c1-10-7-11(2)9-12(8-10)19-16-20-15-14(13-3-4-18-21-13)17-5-6-23(15)22-16/h3-9H,1-2H3,(H,18,21)(H,19,22). The van der Waals surface area contributed by atoms with E-state index in [1.165, 1.54) is 11.1 Å². The molecular weight excluding hydrogens is 290 g/mol. The number of aromatic amines is 1. The van der Waals surface area contributed by atoms with Crippen LogP contribution in [0.1, 0.15) is 11.1 Å². The first-order chi connectivity index (χ1) is 11.2. The normalized spacial score (nSPS) is 11.0. The number of aromatic nitrogens is 6. The number of hydrogen-bond acceptors (Lipinski definition) is 5. The van der Waals surface area contributed by atoms with Gasteiger partial charge in [0.05, 0.1) is 5.69 Å². The second kappa shape index (κ2) is 5.20. The van der Waals surface area contributed by atoms with Gasteiger partial charge >= 0.3 is 0 Å². The van der Waals surface area contributed by atoms with Crippen molar-refractivity contribution in [2.75, 3.05) is 5.32 Å². The van der Waals surface area contributed by atoms with Crippen LogP contribution < -0.4 is 5.32 Å². The van der Waals surface area contributed by atoms with E-state index in [1.807, 2.05) is 6.07 Å². The van der Waals surface area contributed by atoms with Gasteiger partial charge in [-0.15, -0.1) is 5.10 Å². The van der Waals surface area contributed by atoms with Crippen LogP contribution in [-0.2, 0) is 0 Å². The van der Waals surface area contributed by atoms with E-state index in [9.17, 15) is 0 Å². The minimum absolute atomic E-state index is 0.531. The lowest BCUT2D eigenvalue weighted by Crippen LogP contribution is -1.94. The van der Waals surface area contributed by atoms with Gasteiger partial charge in [-0.1, -0.05) is 6.07 Å². The summed E-state index contributed by atoms with van der Waals surface area (Å²) in [6, 6.07) is 8.11. The summed E-state index contributed by atoms with van der Waals surface area (Å²) in [5.41, 5.74) is 5.54. The highest BCUT2D eigenvalue weighted by Crippen LogP contribution is 2.21. The molecule has 0 fully saturated rings. The van der Waals surface area contributed by atoms with E-state index in [0.717, 1.165) is 11.4 Å². The van der Waals surface area contributed by atoms with Crippen LogP contribution in [0.2, 0.25) is 0 Å². The molecule has 0 unspecified atom stereocenters. The molecule has 7 heteroatoms. The third-order valence-electron chi connectivity index (χ3n) is 3.49. The largest absolute Gasteiger partial charge is 0.323 e. The van der Waals surface area contributed by atoms with Crippen molar-refractivity contribution in [2.24, 2.45) is 0 Å². The Hall–Kier alpha value is -3.22. The summed E-state index contributed by atoms with van der Waals surface area (Å²) >= 11 is 0. The number of benzene rings is 1. The predicted molar refractivity (Wildman–Crippen MR) is 87.6 cm³/mol. The number of anilines is 2. The molecule has 0 bridgehead atoms. The molecular formula is C16H15N7. The van der Waals surface area contributed by atoms with Gasteiger partial charge in [-0.25, -0.2) is 9.50 Å². The lowest BCUT2D eigenvalue weighted by Gasteiger charge is -2.04. The Bertz CT molecular complexity index is 949. The molecule has 0 aliphatic carbocycles. The summed E-state index contributed by atoms with van der Waals surface area (Å²) < 4.78 is 1.70. The van der Waals surface area contributed by atoms with Gasteiger partial charge in [0, 0.05) is 24.3 Å². The molecule has 0 radical (unpaired) electrons. The van der Waals surface area contributed by atoms with Crippen molar-refractivity contribution in [1.82, 2.24) is 29.8 Å². The molecule has 0 aliphatic heterocycles. The molecule has 23 heavy (non-hydrogen) atoms. The van der Waals surface area contributed by atoms with Gasteiger partial charge in [0.1, 0.15) is 5.69 Å². The molecule has 0 saturated heterocycles. The Morgan fingerprint density at radius 3 is 2.65 bits per heavy atom. The van der Waals surface area contributed by atoms with Crippen LogP contribution in [0.15, 0.2) is 42.9 Å². The molecule has 4 aromatic rings. The van der Waals surface area contributed by atoms with Gasteiger partial charge in [0.25, 0.3) is 0 Å². The average Bonchev–Trinajstić information content (AvgIpc) is 3.14. The van der Waals surface area contributed by atoms with Crippen molar-refractivity contribution < 1.29 is 0 Å². The van der Waals surface area contributed by atoms with Crippen molar-refractivity contribution >= 4 is 17.3 Å². The van der Waals surface area contributed by atoms with Crippen LogP contribution in [0.5, 0.6) is 0 Å². The first kappa shape index (κ1) is 13.4. The number of rotatable bonds is 3. The SMILES string of the molecule is Cc1cc(C)cc(Nc2nc3c(-c4ccn[nH]4)nccn3n2)c1. The molecule has 114 valence electrons. The number of hydrogen-bond donors (Lipinski definition) is 2. The van der Waals surface area contributed by atoms with Crippen molar-refractivity contribution in [3.05, 3.63) is 54.0 Å². The molecule has 3 aromatic heterocycles. The van der Waals surface area contributed by atoms with Gasteiger partial charge in [-0.05, 0) is 43.2 Å². The first-order valence-electron chi connectivity index (χ1n) is 7.25. The number of fused-ring (bicyclic) bond motifs is 1. The highest BCUT2D eigenvalue weighted by atomic mass is 15.4. The fourth-order valence-corrected chi connectivity index (χ4v) is 2.62. The first-order valence-corrected chi connectivity index (χ1v) is 7.25. The smallest absolute Gasteiger partial charge is 0.247 e. The minimum atomic E-state index is 0.531. The third kappa shape index (κ3) is 2.52. The number of nitrogens with one attached hydrogen (secondary N) is 2. The van der Waals surface area contributed by atoms with Crippen LogP contribution in [-0.4, -0.2) is 29.8 Å². The van der Waals surface area contributed by atoms with Crippen LogP contribution in [0.25, 0.3) is 17.0 Å². The van der Waals surface area contributed by atoms with Crippen LogP contribution in [0.3, 0.4) is 0 Å². The zero-order valence-electron chi connectivity index (χ0n) is 12.8. The molecule has 0 saturated carbocycles. The summed E-state index contributed by atoms with van der Waals surface area (Å²) in [6.07, 6.45) is 5.15. The molecule has 0 amide bonds. The van der Waals surface area contributed by atoms with E-state index in [4.69, 9.17) is 0 Å². The lowest BCUT2D eigenvalue weighted by atomic mass is 10.1. The Morgan fingerprint density at radius 2 is 1.91 bits per heavy atom. The minimum Gasteiger partial charge on any atom is -0.323 e. The van der Waals surface area contributed by atoms with E-state index in [1.54, 1.807) is 23.1 Å². The zero-order chi connectivity index (χ0) is 15.8. The second-order valence-corrected chi connectivity index (χ2v) is 5.45. The highest BCUT2D eigenvalue weighted by molar-refractivity contribution is 5.71. The summed E-state index contributed by atoms with van der Waals surface area (Å²) in [5.74, 6) is 0.531. The zero-order valence-corrected chi connectivity index (χ0v) is 12.8. The number of aryl methyl sites for hydroxylation is 2. The summed E-state index contributed by atoms with van der Waals surface area (Å²) in [5, 5.41) is 14.6. The van der Waals surface area contributed by atoms with Crippen molar-refractivity contribution in [1.29, 1.82) is 0 Å². The van der Waals surface area contributed by atoms with Crippen LogP contribution in [0.4, 0.5) is 11.6 Å². The van der Waals surface area contributed by atoms with Gasteiger partial charge in [0.15, 0.2) is 5.65 Å². The molecule has 2 N–H and O–H groups in total. The van der Waals surface area contributed by atoms with E-state index in [0.29, 0.717) is 17.3 Å². The van der Waals surface area contributed by atoms with E-state index < -0.39 is 0 Å². The van der Waals surface area contributed by atoms with E-state index in [2.05, 4.69) is 62.6 Å². The third-order valence-corrected chi connectivity index (χ3v) is 3.49. The van der Waals surface area contributed by atoms with Gasteiger partial charge in [-0.3, -0.25) is 5.10 Å². The van der Waals surface area contributed by atoms with E-state index in [-0.39, 0.29) is 0 Å². The number of H-pyrrole nitrogens is 1. The molecule has 3 heterocycles. The fraction of sp³-hybridized carbons (Fsp3) is 0.125. The van der Waals surface area contributed by atoms with Crippen molar-refractivity contribution in [3.63, 3.8) is 0 Å². The fourth-order valence-electron chi connectivity index (χ4n) is 2.62. The molecule has 0 atom stereocenters. The Kier molecular flexibility index (Phi) is 3.04. The molecule has 0 spiro atoms. The topological polar surface area (TPSA) is 83.8 Å². The Balaban J connectivity index is 1.76. The maximum absolute atomic E-state index is 4.55. The van der Waals surface area contributed by atoms with Gasteiger partial charge < -0.3 is 5.32 Å². The van der Waals surface area contributed by atoms with Gasteiger partial charge in [0.2, 0.25) is 5.95 Å². The molecule has 4 rings (SSSR count). The van der Waals surface area contributed by atoms with Crippen LogP contribution in [0, 0.1) is 13.8 Å². The monoisotopic (exact) mass is 305 g/mol. The quantitative estimate of drug-likeness (QED) is 0.608. The number of nitrogens with zero attached hydrogens (tertiary/aromatic N) is 5. The predicted octanol–water partition coefficient (Wildman–Crippen LogP) is 2.87. The second-order valence-electron chi connectivity index (χ2n) is 5.45. The molecule has 7 nitrogen and oxygen atoms in total. The Morgan fingerprint density at radius 1 is 1.09 bits per heavy atom. The Labute approximate surface area is 132 Å². The maximum Gasteiger partial charge on any atom is 0.247 e. The van der Waals surface area contributed by atoms with Crippen molar-refractivity contribution in [2.45, 2.75) is 13.8 Å². The van der Waals surface area contributed by atoms with E-state index >= 15 is 0 Å². The van der Waals surface area contributed by atoms with Gasteiger partial charge in [-0.2, -0.15) is 10.1 Å².